The van der Waals surface area contributed by atoms with Crippen LogP contribution in [0.3, 0.4) is 0 Å². The molecule has 0 aliphatic rings. The Morgan fingerprint density at radius 3 is 2.21 bits per heavy atom. The standard InChI is InChI=1S/C11H18NO2/c1-7-11(5,6)12-8-9(13)14-10(2,3)4/h12H,8H2,2-6H3. The molecular formula is C11H18NO2. The second-order valence-electron chi connectivity index (χ2n) is 4.69. The van der Waals surface area contributed by atoms with E-state index in [1.54, 1.807) is 13.8 Å². The van der Waals surface area contributed by atoms with Gasteiger partial charge in [0.15, 0.2) is 0 Å². The number of nitrogens with one attached hydrogen (secondary N) is 1. The lowest BCUT2D eigenvalue weighted by molar-refractivity contribution is -0.153. The fourth-order valence-electron chi connectivity index (χ4n) is 0.715. The van der Waals surface area contributed by atoms with Gasteiger partial charge in [-0.3, -0.25) is 10.1 Å². The van der Waals surface area contributed by atoms with E-state index in [1.165, 1.54) is 0 Å². The Hall–Kier alpha value is -1.01. The lowest BCUT2D eigenvalue weighted by Gasteiger charge is -2.22. The summed E-state index contributed by atoms with van der Waals surface area (Å²) in [5, 5.41) is 2.86. The SMILES string of the molecule is [C]#CC(C)(C)NCC(=O)OC(C)(C)C. The van der Waals surface area contributed by atoms with Gasteiger partial charge in [0.25, 0.3) is 0 Å². The monoisotopic (exact) mass is 196 g/mol. The molecule has 0 saturated heterocycles. The van der Waals surface area contributed by atoms with Gasteiger partial charge in [-0.2, -0.15) is 0 Å². The van der Waals surface area contributed by atoms with E-state index in [2.05, 4.69) is 11.2 Å². The molecule has 3 heteroatoms. The summed E-state index contributed by atoms with van der Waals surface area (Å²) in [4.78, 5) is 11.2. The molecule has 0 rings (SSSR count). The number of hydrogen-bond acceptors (Lipinski definition) is 3. The predicted molar refractivity (Wildman–Crippen MR) is 55.1 cm³/mol. The van der Waals surface area contributed by atoms with Gasteiger partial charge in [-0.05, 0) is 41.0 Å². The molecule has 0 aliphatic heterocycles. The molecule has 0 aliphatic carbocycles. The zero-order valence-corrected chi connectivity index (χ0v) is 9.52. The quantitative estimate of drug-likeness (QED) is 0.546. The fraction of sp³-hybridized carbons (Fsp3) is 0.727. The van der Waals surface area contributed by atoms with Crippen LogP contribution in [-0.2, 0) is 9.53 Å². The maximum Gasteiger partial charge on any atom is 0.320 e. The fourth-order valence-corrected chi connectivity index (χ4v) is 0.715. The van der Waals surface area contributed by atoms with Crippen LogP contribution in [-0.4, -0.2) is 23.7 Å². The maximum atomic E-state index is 11.2. The van der Waals surface area contributed by atoms with Crippen LogP contribution in [0.15, 0.2) is 0 Å². The first kappa shape index (κ1) is 13.0. The van der Waals surface area contributed by atoms with Gasteiger partial charge < -0.3 is 4.74 Å². The summed E-state index contributed by atoms with van der Waals surface area (Å²) in [6.45, 7) is 9.08. The van der Waals surface area contributed by atoms with E-state index < -0.39 is 11.1 Å². The van der Waals surface area contributed by atoms with Crippen molar-refractivity contribution < 1.29 is 9.53 Å². The highest BCUT2D eigenvalue weighted by Gasteiger charge is 2.19. The second kappa shape index (κ2) is 4.47. The molecule has 1 radical (unpaired) electrons. The van der Waals surface area contributed by atoms with Crippen molar-refractivity contribution in [2.24, 2.45) is 0 Å². The zero-order valence-electron chi connectivity index (χ0n) is 9.52. The van der Waals surface area contributed by atoms with Crippen LogP contribution in [0.5, 0.6) is 0 Å². The molecular weight excluding hydrogens is 178 g/mol. The topological polar surface area (TPSA) is 38.3 Å². The maximum absolute atomic E-state index is 11.2. The third-order valence-corrected chi connectivity index (χ3v) is 1.41. The Balaban J connectivity index is 3.95. The first-order chi connectivity index (χ1) is 6.16. The normalized spacial score (nSPS) is 12.0. The highest BCUT2D eigenvalue weighted by Crippen LogP contribution is 2.07. The van der Waals surface area contributed by atoms with E-state index in [0.29, 0.717) is 0 Å². The molecule has 79 valence electrons. The van der Waals surface area contributed by atoms with Crippen molar-refractivity contribution in [1.82, 2.24) is 5.32 Å². The highest BCUT2D eigenvalue weighted by atomic mass is 16.6. The van der Waals surface area contributed by atoms with Crippen molar-refractivity contribution in [3.63, 3.8) is 0 Å². The third kappa shape index (κ3) is 6.50. The van der Waals surface area contributed by atoms with Gasteiger partial charge >= 0.3 is 5.97 Å². The molecule has 0 aromatic heterocycles. The number of hydrogen-bond donors (Lipinski definition) is 1. The summed E-state index contributed by atoms with van der Waals surface area (Å²) in [6, 6.07) is 0. The molecule has 14 heavy (non-hydrogen) atoms. The molecule has 1 N–H and O–H groups in total. The van der Waals surface area contributed by atoms with Crippen LogP contribution in [0.25, 0.3) is 0 Å². The summed E-state index contributed by atoms with van der Waals surface area (Å²) in [6.07, 6.45) is 6.97. The zero-order chi connectivity index (χ0) is 11.4. The van der Waals surface area contributed by atoms with Crippen molar-refractivity contribution in [2.75, 3.05) is 6.54 Å². The van der Waals surface area contributed by atoms with Crippen LogP contribution in [0.1, 0.15) is 34.6 Å². The largest absolute Gasteiger partial charge is 0.459 e. The molecule has 0 fully saturated rings. The molecule has 0 bridgehead atoms. The minimum absolute atomic E-state index is 0.0934. The smallest absolute Gasteiger partial charge is 0.320 e. The molecule has 0 amide bonds. The van der Waals surface area contributed by atoms with Crippen molar-refractivity contribution in [2.45, 2.75) is 45.8 Å². The summed E-state index contributed by atoms with van der Waals surface area (Å²) in [5.41, 5.74) is -1.05. The van der Waals surface area contributed by atoms with E-state index >= 15 is 0 Å². The third-order valence-electron chi connectivity index (χ3n) is 1.41. The second-order valence-corrected chi connectivity index (χ2v) is 4.69. The average Bonchev–Trinajstić information content (AvgIpc) is 1.98. The number of esters is 1. The minimum atomic E-state index is -0.586. The van der Waals surface area contributed by atoms with Gasteiger partial charge in [0.1, 0.15) is 5.60 Å². The van der Waals surface area contributed by atoms with Crippen molar-refractivity contribution in [3.05, 3.63) is 6.42 Å². The molecule has 0 unspecified atom stereocenters. The summed E-state index contributed by atoms with van der Waals surface area (Å²) >= 11 is 0. The van der Waals surface area contributed by atoms with E-state index in [-0.39, 0.29) is 12.5 Å². The summed E-state index contributed by atoms with van der Waals surface area (Å²) < 4.78 is 5.09. The molecule has 0 atom stereocenters. The van der Waals surface area contributed by atoms with Gasteiger partial charge in [-0.1, -0.05) is 5.92 Å². The van der Waals surface area contributed by atoms with E-state index in [0.717, 1.165) is 0 Å². The van der Waals surface area contributed by atoms with Crippen LogP contribution < -0.4 is 5.32 Å². The molecule has 0 saturated carbocycles. The van der Waals surface area contributed by atoms with Crippen molar-refractivity contribution in [3.8, 4) is 5.92 Å². The lowest BCUT2D eigenvalue weighted by Crippen LogP contribution is -2.42. The number of rotatable bonds is 3. The van der Waals surface area contributed by atoms with E-state index in [1.807, 2.05) is 20.8 Å². The number of ether oxygens (including phenoxy) is 1. The van der Waals surface area contributed by atoms with Crippen molar-refractivity contribution in [1.29, 1.82) is 0 Å². The first-order valence-electron chi connectivity index (χ1n) is 4.57. The molecule has 0 heterocycles. The van der Waals surface area contributed by atoms with Crippen LogP contribution in [0.2, 0.25) is 0 Å². The van der Waals surface area contributed by atoms with Gasteiger partial charge in [-0.25, -0.2) is 0 Å². The Morgan fingerprint density at radius 1 is 1.36 bits per heavy atom. The van der Waals surface area contributed by atoms with Gasteiger partial charge in [-0.15, -0.1) is 0 Å². The average molecular weight is 196 g/mol. The Bertz CT molecular complexity index is 243. The molecule has 3 nitrogen and oxygen atoms in total. The molecule has 0 aromatic carbocycles. The van der Waals surface area contributed by atoms with E-state index in [9.17, 15) is 4.79 Å². The summed E-state index contributed by atoms with van der Waals surface area (Å²) in [5.74, 6) is 1.97. The Morgan fingerprint density at radius 2 is 1.86 bits per heavy atom. The van der Waals surface area contributed by atoms with Gasteiger partial charge in [0.2, 0.25) is 0 Å². The number of carbonyl (C=O) groups excluding carboxylic acids is 1. The Labute approximate surface area is 86.2 Å². The molecule has 0 aromatic rings. The predicted octanol–water partition coefficient (Wildman–Crippen LogP) is 1.29. The molecule has 0 spiro atoms. The highest BCUT2D eigenvalue weighted by molar-refractivity contribution is 5.72. The van der Waals surface area contributed by atoms with Gasteiger partial charge in [0.05, 0.1) is 12.1 Å². The summed E-state index contributed by atoms with van der Waals surface area (Å²) in [7, 11) is 0. The van der Waals surface area contributed by atoms with E-state index in [4.69, 9.17) is 11.2 Å². The van der Waals surface area contributed by atoms with Crippen molar-refractivity contribution >= 4 is 5.97 Å². The van der Waals surface area contributed by atoms with Crippen LogP contribution >= 0.6 is 0 Å². The lowest BCUT2D eigenvalue weighted by atomic mass is 10.1. The van der Waals surface area contributed by atoms with Crippen LogP contribution in [0, 0.1) is 12.3 Å². The minimum Gasteiger partial charge on any atom is -0.459 e. The number of carbonyl (C=O) groups is 1. The van der Waals surface area contributed by atoms with Gasteiger partial charge in [0, 0.05) is 0 Å². The Kier molecular flexibility index (Phi) is 4.15. The first-order valence-corrected chi connectivity index (χ1v) is 4.57. The van der Waals surface area contributed by atoms with Crippen LogP contribution in [0.4, 0.5) is 0 Å².